The molecule has 3 aliphatic heterocycles. The summed E-state index contributed by atoms with van der Waals surface area (Å²) in [5.74, 6) is -0.281. The number of rotatable bonds is 25. The summed E-state index contributed by atoms with van der Waals surface area (Å²) < 4.78 is 17.7. The fourth-order valence-electron chi connectivity index (χ4n) is 7.28. The fourth-order valence-corrected chi connectivity index (χ4v) is 7.28. The molecule has 44 heavy (non-hydrogen) atoms. The summed E-state index contributed by atoms with van der Waals surface area (Å²) in [5.41, 5.74) is 0.617. The lowest BCUT2D eigenvalue weighted by Crippen LogP contribution is -2.33. The number of aliphatic hydroxyl groups excluding tert-OH is 3. The van der Waals surface area contributed by atoms with Gasteiger partial charge in [-0.3, -0.25) is 0 Å². The van der Waals surface area contributed by atoms with E-state index in [1.807, 2.05) is 13.0 Å². The summed E-state index contributed by atoms with van der Waals surface area (Å²) in [4.78, 5) is 11.7. The Hall–Kier alpha value is -0.990. The van der Waals surface area contributed by atoms with Crippen molar-refractivity contribution < 1.29 is 34.3 Å². The Morgan fingerprint density at radius 1 is 0.659 bits per heavy atom. The summed E-state index contributed by atoms with van der Waals surface area (Å²) in [6.07, 6.45) is 26.1. The first-order valence-corrected chi connectivity index (χ1v) is 18.6. The molecule has 3 rings (SSSR count). The van der Waals surface area contributed by atoms with Gasteiger partial charge in [-0.15, -0.1) is 0 Å². The lowest BCUT2D eigenvalue weighted by atomic mass is 10.00. The van der Waals surface area contributed by atoms with Crippen LogP contribution in [0.5, 0.6) is 0 Å². The van der Waals surface area contributed by atoms with E-state index >= 15 is 0 Å². The number of hydrogen-bond donors (Lipinski definition) is 3. The van der Waals surface area contributed by atoms with Crippen LogP contribution in [0.4, 0.5) is 0 Å². The Kier molecular flexibility index (Phi) is 18.5. The number of ether oxygens (including phenoxy) is 3. The Morgan fingerprint density at radius 3 is 1.52 bits per heavy atom. The summed E-state index contributed by atoms with van der Waals surface area (Å²) in [7, 11) is 0. The smallest absolute Gasteiger partial charge is 0.334 e. The van der Waals surface area contributed by atoms with Crippen molar-refractivity contribution in [2.45, 2.75) is 217 Å². The third kappa shape index (κ3) is 14.2. The van der Waals surface area contributed by atoms with Gasteiger partial charge in [0, 0.05) is 12.0 Å². The van der Waals surface area contributed by atoms with Crippen LogP contribution in [0.2, 0.25) is 0 Å². The van der Waals surface area contributed by atoms with Crippen molar-refractivity contribution >= 4 is 5.97 Å². The first kappa shape index (κ1) is 37.5. The largest absolute Gasteiger partial charge is 0.455 e. The molecule has 0 spiro atoms. The molecular formula is C37H66O7. The van der Waals surface area contributed by atoms with Gasteiger partial charge >= 0.3 is 5.97 Å². The molecule has 0 bridgehead atoms. The molecule has 0 saturated carbocycles. The Labute approximate surface area is 268 Å². The second-order valence-electron chi connectivity index (χ2n) is 14.0. The lowest BCUT2D eigenvalue weighted by Gasteiger charge is -2.24. The molecule has 7 nitrogen and oxygen atoms in total. The van der Waals surface area contributed by atoms with Gasteiger partial charge in [-0.05, 0) is 57.9 Å². The van der Waals surface area contributed by atoms with E-state index in [2.05, 4.69) is 6.92 Å². The monoisotopic (exact) mass is 622 g/mol. The number of cyclic esters (lactones) is 1. The van der Waals surface area contributed by atoms with E-state index < -0.39 is 12.2 Å². The summed E-state index contributed by atoms with van der Waals surface area (Å²) in [5, 5.41) is 31.6. The van der Waals surface area contributed by atoms with Gasteiger partial charge in [0.15, 0.2) is 0 Å². The summed E-state index contributed by atoms with van der Waals surface area (Å²) in [6.45, 7) is 4.09. The lowest BCUT2D eigenvalue weighted by molar-refractivity contribution is -0.139. The molecule has 0 aromatic heterocycles. The molecule has 0 unspecified atom stereocenters. The molecule has 2 fully saturated rings. The topological polar surface area (TPSA) is 105 Å². The van der Waals surface area contributed by atoms with Crippen LogP contribution in [-0.4, -0.2) is 70.1 Å². The number of hydrogen-bond acceptors (Lipinski definition) is 7. The maximum Gasteiger partial charge on any atom is 0.334 e. The van der Waals surface area contributed by atoms with E-state index in [0.29, 0.717) is 12.0 Å². The first-order valence-electron chi connectivity index (χ1n) is 18.6. The highest BCUT2D eigenvalue weighted by atomic mass is 16.6. The van der Waals surface area contributed by atoms with Gasteiger partial charge in [0.05, 0.1) is 42.7 Å². The Balaban J connectivity index is 1.13. The molecule has 0 aromatic carbocycles. The second kappa shape index (κ2) is 21.7. The molecule has 8 atom stereocenters. The molecule has 0 radical (unpaired) electrons. The van der Waals surface area contributed by atoms with Gasteiger partial charge in [0.1, 0.15) is 6.10 Å². The molecule has 3 aliphatic rings. The highest BCUT2D eigenvalue weighted by Crippen LogP contribution is 2.34. The predicted octanol–water partition coefficient (Wildman–Crippen LogP) is 7.86. The first-order chi connectivity index (χ1) is 21.4. The van der Waals surface area contributed by atoms with Crippen molar-refractivity contribution in [2.24, 2.45) is 0 Å². The third-order valence-corrected chi connectivity index (χ3v) is 10.0. The van der Waals surface area contributed by atoms with Gasteiger partial charge < -0.3 is 29.5 Å². The molecule has 0 aliphatic carbocycles. The quantitative estimate of drug-likeness (QED) is 0.0703. The van der Waals surface area contributed by atoms with Gasteiger partial charge in [0.25, 0.3) is 0 Å². The fraction of sp³-hybridized carbons (Fsp3) is 0.919. The average Bonchev–Trinajstić information content (AvgIpc) is 3.75. The Morgan fingerprint density at radius 2 is 1.09 bits per heavy atom. The van der Waals surface area contributed by atoms with Crippen molar-refractivity contribution in [3.63, 3.8) is 0 Å². The van der Waals surface area contributed by atoms with Crippen LogP contribution >= 0.6 is 0 Å². The predicted molar refractivity (Wildman–Crippen MR) is 175 cm³/mol. The van der Waals surface area contributed by atoms with E-state index in [9.17, 15) is 20.1 Å². The van der Waals surface area contributed by atoms with Gasteiger partial charge in [-0.1, -0.05) is 110 Å². The minimum Gasteiger partial charge on any atom is -0.455 e. The van der Waals surface area contributed by atoms with Crippen molar-refractivity contribution in [1.82, 2.24) is 0 Å². The normalized spacial score (nSPS) is 27.4. The van der Waals surface area contributed by atoms with Gasteiger partial charge in [-0.25, -0.2) is 4.79 Å². The SMILES string of the molecule is CCCCCCCCCC[C@@H](O)[C@@H]1CC[C@H]([C@@H]2CC[C@H]([C@@H](O)CCCCCCCCCC[C@H](O)CC3=C[C@@H](C)OC3=O)O2)O1. The van der Waals surface area contributed by atoms with E-state index in [-0.39, 0.29) is 42.6 Å². The van der Waals surface area contributed by atoms with Crippen LogP contribution in [0.15, 0.2) is 11.6 Å². The third-order valence-electron chi connectivity index (χ3n) is 10.0. The van der Waals surface area contributed by atoms with Crippen LogP contribution in [0.1, 0.15) is 168 Å². The maximum absolute atomic E-state index is 11.7. The molecule has 0 aromatic rings. The van der Waals surface area contributed by atoms with Crippen LogP contribution in [-0.2, 0) is 19.0 Å². The van der Waals surface area contributed by atoms with E-state index in [4.69, 9.17) is 14.2 Å². The van der Waals surface area contributed by atoms with E-state index in [0.717, 1.165) is 77.0 Å². The van der Waals surface area contributed by atoms with E-state index in [1.165, 1.54) is 70.6 Å². The highest BCUT2D eigenvalue weighted by Gasteiger charge is 2.40. The maximum atomic E-state index is 11.7. The van der Waals surface area contributed by atoms with Crippen molar-refractivity contribution in [2.75, 3.05) is 0 Å². The molecule has 2 saturated heterocycles. The minimum absolute atomic E-state index is 0.0519. The molecule has 3 N–H and O–H groups in total. The molecule has 7 heteroatoms. The molecule has 256 valence electrons. The standard InChI is InChI=1S/C37H66O7/c1-3-4-5-6-7-11-14-17-20-31(39)33-22-24-35(43-33)36-25-23-34(44-36)32(40)21-18-15-12-9-8-10-13-16-19-30(38)27-29-26-28(2)42-37(29)41/h26,28,30-36,38-40H,3-25,27H2,1-2H3/t28-,30+,31-,32+,33+,34-,35-,36+/m1/s1. The zero-order valence-corrected chi connectivity index (χ0v) is 28.1. The number of carbonyl (C=O) groups excluding carboxylic acids is 1. The zero-order valence-electron chi connectivity index (χ0n) is 28.1. The zero-order chi connectivity index (χ0) is 31.6. The minimum atomic E-state index is -0.463. The highest BCUT2D eigenvalue weighted by molar-refractivity contribution is 5.90. The van der Waals surface area contributed by atoms with Crippen LogP contribution in [0.25, 0.3) is 0 Å². The van der Waals surface area contributed by atoms with Crippen molar-refractivity contribution in [3.8, 4) is 0 Å². The molecular weight excluding hydrogens is 556 g/mol. The number of carbonyl (C=O) groups is 1. The van der Waals surface area contributed by atoms with Gasteiger partial charge in [0.2, 0.25) is 0 Å². The molecule has 3 heterocycles. The Bertz CT molecular complexity index is 801. The average molecular weight is 623 g/mol. The number of unbranched alkanes of at least 4 members (excludes halogenated alkanes) is 14. The molecule has 0 amide bonds. The van der Waals surface area contributed by atoms with Gasteiger partial charge in [-0.2, -0.15) is 0 Å². The van der Waals surface area contributed by atoms with E-state index in [1.54, 1.807) is 0 Å². The summed E-state index contributed by atoms with van der Waals surface area (Å²) in [6, 6.07) is 0. The summed E-state index contributed by atoms with van der Waals surface area (Å²) >= 11 is 0. The van der Waals surface area contributed by atoms with Crippen molar-refractivity contribution in [1.29, 1.82) is 0 Å². The second-order valence-corrected chi connectivity index (χ2v) is 14.0. The van der Waals surface area contributed by atoms with Crippen LogP contribution < -0.4 is 0 Å². The number of esters is 1. The van der Waals surface area contributed by atoms with Crippen LogP contribution in [0, 0.1) is 0 Å². The number of aliphatic hydroxyl groups is 3. The van der Waals surface area contributed by atoms with Crippen LogP contribution in [0.3, 0.4) is 0 Å². The van der Waals surface area contributed by atoms with Crippen molar-refractivity contribution in [3.05, 3.63) is 11.6 Å².